The quantitative estimate of drug-likeness (QED) is 0.165. The molecule has 12 nitrogen and oxygen atoms in total. The van der Waals surface area contributed by atoms with Crippen LogP contribution >= 0.6 is 0 Å². The van der Waals surface area contributed by atoms with Crippen LogP contribution in [0.1, 0.15) is 37.5 Å². The van der Waals surface area contributed by atoms with E-state index in [2.05, 4.69) is 0 Å². The van der Waals surface area contributed by atoms with Crippen LogP contribution in [0.25, 0.3) is 0 Å². The molecule has 1 heterocycles. The number of esters is 4. The number of hydrogen-bond acceptors (Lipinski definition) is 12. The van der Waals surface area contributed by atoms with Gasteiger partial charge in [-0.3, -0.25) is 19.4 Å². The summed E-state index contributed by atoms with van der Waals surface area (Å²) < 4.78 is 33.8. The zero-order valence-electron chi connectivity index (χ0n) is 26.2. The summed E-state index contributed by atoms with van der Waals surface area (Å²) in [5, 5.41) is 10.1. The minimum Gasteiger partial charge on any atom is -0.459 e. The Bertz CT molecular complexity index is 1470. The Hall–Kier alpha value is -4.91. The van der Waals surface area contributed by atoms with Crippen molar-refractivity contribution in [2.75, 3.05) is 13.2 Å². The first-order valence-corrected chi connectivity index (χ1v) is 14.9. The van der Waals surface area contributed by atoms with E-state index in [1.54, 1.807) is 0 Å². The maximum absolute atomic E-state index is 13.6. The van der Waals surface area contributed by atoms with Gasteiger partial charge in [0.2, 0.25) is 0 Å². The minimum absolute atomic E-state index is 0.0289. The highest BCUT2D eigenvalue weighted by Crippen LogP contribution is 2.30. The molecule has 1 N–H and O–H groups in total. The Kier molecular flexibility index (Phi) is 12.7. The molecule has 47 heavy (non-hydrogen) atoms. The fourth-order valence-electron chi connectivity index (χ4n) is 4.97. The number of rotatable bonds is 13. The monoisotopic (exact) mass is 647 g/mol. The van der Waals surface area contributed by atoms with Crippen LogP contribution in [0.5, 0.6) is 0 Å². The second-order valence-corrected chi connectivity index (χ2v) is 10.6. The number of benzene rings is 3. The van der Waals surface area contributed by atoms with Crippen LogP contribution in [0.4, 0.5) is 0 Å². The van der Waals surface area contributed by atoms with Gasteiger partial charge in [0.1, 0.15) is 12.7 Å². The Morgan fingerprint density at radius 3 is 1.72 bits per heavy atom. The molecule has 3 aromatic carbocycles. The second kappa shape index (κ2) is 17.1. The number of ether oxygens (including phenoxy) is 6. The SMILES string of the molecule is CC(=O)O[C@@H]1[C@H](OC(C)=O)[C@@H](OC[C@H](N=C(c2ccccc2)c2ccccc2)C(=O)OCc2ccccc2)O[C@H](CO)[C@H]1OC(C)=O. The van der Waals surface area contributed by atoms with E-state index in [0.717, 1.165) is 37.5 Å². The summed E-state index contributed by atoms with van der Waals surface area (Å²) >= 11 is 0. The fourth-order valence-corrected chi connectivity index (χ4v) is 4.97. The van der Waals surface area contributed by atoms with Gasteiger partial charge in [0.25, 0.3) is 0 Å². The molecule has 0 bridgehead atoms. The molecule has 3 aromatic rings. The number of carbonyl (C=O) groups is 4. The van der Waals surface area contributed by atoms with Crippen molar-refractivity contribution >= 4 is 29.6 Å². The van der Waals surface area contributed by atoms with E-state index in [9.17, 15) is 24.3 Å². The third-order valence-electron chi connectivity index (χ3n) is 6.97. The van der Waals surface area contributed by atoms with Crippen LogP contribution < -0.4 is 0 Å². The summed E-state index contributed by atoms with van der Waals surface area (Å²) in [6.45, 7) is 2.23. The molecule has 0 unspecified atom stereocenters. The van der Waals surface area contributed by atoms with Gasteiger partial charge in [-0.05, 0) is 5.56 Å². The number of aliphatic hydroxyl groups excluding tert-OH is 1. The predicted molar refractivity (Wildman–Crippen MR) is 167 cm³/mol. The van der Waals surface area contributed by atoms with E-state index >= 15 is 0 Å². The van der Waals surface area contributed by atoms with Gasteiger partial charge in [-0.2, -0.15) is 0 Å². The van der Waals surface area contributed by atoms with Crippen LogP contribution in [-0.2, 0) is 54.2 Å². The lowest BCUT2D eigenvalue weighted by molar-refractivity contribution is -0.308. The molecule has 0 amide bonds. The number of hydrogen-bond donors (Lipinski definition) is 1. The summed E-state index contributed by atoms with van der Waals surface area (Å²) in [6, 6.07) is 26.3. The van der Waals surface area contributed by atoms with Crippen molar-refractivity contribution in [2.24, 2.45) is 4.99 Å². The molecule has 1 aliphatic heterocycles. The lowest BCUT2D eigenvalue weighted by atomic mass is 9.98. The van der Waals surface area contributed by atoms with Gasteiger partial charge in [-0.1, -0.05) is 91.0 Å². The van der Waals surface area contributed by atoms with Crippen molar-refractivity contribution in [3.05, 3.63) is 108 Å². The molecule has 1 fully saturated rings. The molecule has 12 heteroatoms. The summed E-state index contributed by atoms with van der Waals surface area (Å²) in [6.07, 6.45) is -6.92. The van der Waals surface area contributed by atoms with Crippen molar-refractivity contribution in [1.82, 2.24) is 0 Å². The smallest absolute Gasteiger partial charge is 0.333 e. The molecule has 4 rings (SSSR count). The standard InChI is InChI=1S/C35H37NO11/c1-22(38)44-31-29(19-37)47-35(33(46-24(3)40)32(31)45-23(2)39)43-21-28(34(41)42-20-25-13-7-4-8-14-25)36-30(26-15-9-5-10-16-26)27-17-11-6-12-18-27/h4-18,28-29,31-33,35,37H,19-21H2,1-3H3/t28-,29+,31+,32-,33-,35-/m0/s1. The summed E-state index contributed by atoms with van der Waals surface area (Å²) in [4.78, 5) is 54.6. The van der Waals surface area contributed by atoms with Gasteiger partial charge in [-0.15, -0.1) is 0 Å². The van der Waals surface area contributed by atoms with Crippen LogP contribution in [-0.4, -0.2) is 84.7 Å². The zero-order chi connectivity index (χ0) is 33.8. The Labute approximate surface area is 272 Å². The second-order valence-electron chi connectivity index (χ2n) is 10.6. The molecule has 0 spiro atoms. The minimum atomic E-state index is -1.48. The average molecular weight is 648 g/mol. The summed E-state index contributed by atoms with van der Waals surface area (Å²) in [5.41, 5.74) is 2.70. The average Bonchev–Trinajstić information content (AvgIpc) is 3.06. The van der Waals surface area contributed by atoms with E-state index in [0.29, 0.717) is 5.71 Å². The van der Waals surface area contributed by atoms with E-state index in [1.807, 2.05) is 91.0 Å². The highest BCUT2D eigenvalue weighted by molar-refractivity contribution is 6.13. The maximum Gasteiger partial charge on any atom is 0.333 e. The largest absolute Gasteiger partial charge is 0.459 e. The molecule has 0 radical (unpaired) electrons. The van der Waals surface area contributed by atoms with E-state index in [1.165, 1.54) is 0 Å². The Balaban J connectivity index is 1.70. The summed E-state index contributed by atoms with van der Waals surface area (Å²) in [7, 11) is 0. The zero-order valence-corrected chi connectivity index (χ0v) is 26.2. The van der Waals surface area contributed by atoms with E-state index in [-0.39, 0.29) is 6.61 Å². The lowest BCUT2D eigenvalue weighted by Crippen LogP contribution is -2.63. The molecule has 1 aliphatic rings. The molecule has 1 saturated heterocycles. The first-order chi connectivity index (χ1) is 22.7. The fraction of sp³-hybridized carbons (Fsp3) is 0.343. The first-order valence-electron chi connectivity index (χ1n) is 14.9. The van der Waals surface area contributed by atoms with Crippen molar-refractivity contribution in [2.45, 2.75) is 64.1 Å². The van der Waals surface area contributed by atoms with Gasteiger partial charge in [-0.25, -0.2) is 4.79 Å². The molecule has 248 valence electrons. The van der Waals surface area contributed by atoms with Crippen molar-refractivity contribution in [1.29, 1.82) is 0 Å². The number of nitrogens with zero attached hydrogens (tertiary/aromatic N) is 1. The normalized spacial score (nSPS) is 21.1. The summed E-state index contributed by atoms with van der Waals surface area (Å²) in [5.74, 6) is -3.02. The Morgan fingerprint density at radius 2 is 1.21 bits per heavy atom. The third-order valence-corrected chi connectivity index (χ3v) is 6.97. The first kappa shape index (κ1) is 35.0. The highest BCUT2D eigenvalue weighted by atomic mass is 16.7. The molecular weight excluding hydrogens is 610 g/mol. The molecule has 0 aliphatic carbocycles. The predicted octanol–water partition coefficient (Wildman–Crippen LogP) is 3.16. The molecule has 0 saturated carbocycles. The number of aliphatic hydroxyl groups is 1. The molecular formula is C35H37NO11. The van der Waals surface area contributed by atoms with Crippen LogP contribution in [0.15, 0.2) is 96.0 Å². The number of aliphatic imine (C=N–C) groups is 1. The van der Waals surface area contributed by atoms with Gasteiger partial charge in [0.15, 0.2) is 30.6 Å². The van der Waals surface area contributed by atoms with Crippen molar-refractivity contribution < 1.29 is 52.7 Å². The van der Waals surface area contributed by atoms with Crippen LogP contribution in [0.3, 0.4) is 0 Å². The van der Waals surface area contributed by atoms with E-state index in [4.69, 9.17) is 33.4 Å². The van der Waals surface area contributed by atoms with Gasteiger partial charge >= 0.3 is 23.9 Å². The van der Waals surface area contributed by atoms with Gasteiger partial charge in [0.05, 0.1) is 18.9 Å². The third kappa shape index (κ3) is 10.0. The van der Waals surface area contributed by atoms with Crippen LogP contribution in [0.2, 0.25) is 0 Å². The van der Waals surface area contributed by atoms with E-state index < -0.39 is 73.8 Å². The number of carbonyl (C=O) groups excluding carboxylic acids is 4. The Morgan fingerprint density at radius 1 is 0.723 bits per heavy atom. The lowest BCUT2D eigenvalue weighted by Gasteiger charge is -2.43. The van der Waals surface area contributed by atoms with Crippen molar-refractivity contribution in [3.8, 4) is 0 Å². The molecule has 0 aromatic heterocycles. The molecule has 6 atom stereocenters. The highest BCUT2D eigenvalue weighted by Gasteiger charge is 2.52. The van der Waals surface area contributed by atoms with Crippen LogP contribution in [0, 0.1) is 0 Å². The van der Waals surface area contributed by atoms with Crippen molar-refractivity contribution in [3.63, 3.8) is 0 Å². The topological polar surface area (TPSA) is 156 Å². The van der Waals surface area contributed by atoms with Gasteiger partial charge < -0.3 is 33.5 Å². The van der Waals surface area contributed by atoms with Gasteiger partial charge in [0, 0.05) is 31.9 Å². The maximum atomic E-state index is 13.6.